The third kappa shape index (κ3) is 6.51. The van der Waals surface area contributed by atoms with E-state index in [1.54, 1.807) is 25.3 Å². The number of nitrogens with one attached hydrogen (secondary N) is 1. The van der Waals surface area contributed by atoms with Crippen LogP contribution >= 0.6 is 12.6 Å². The Morgan fingerprint density at radius 2 is 1.82 bits per heavy atom. The summed E-state index contributed by atoms with van der Waals surface area (Å²) >= 11 is 4.29. The number of halogens is 3. The van der Waals surface area contributed by atoms with Gasteiger partial charge in [-0.15, -0.1) is 12.6 Å². The van der Waals surface area contributed by atoms with Crippen molar-refractivity contribution in [3.8, 4) is 17.1 Å². The summed E-state index contributed by atoms with van der Waals surface area (Å²) in [6.45, 7) is 0. The highest BCUT2D eigenvalue weighted by Crippen LogP contribution is 2.28. The summed E-state index contributed by atoms with van der Waals surface area (Å²) < 4.78 is 46.2. The number of oxazole rings is 1. The van der Waals surface area contributed by atoms with E-state index in [-0.39, 0.29) is 11.7 Å². The summed E-state index contributed by atoms with van der Waals surface area (Å²) in [6.07, 6.45) is -2.88. The van der Waals surface area contributed by atoms with Crippen LogP contribution in [0.25, 0.3) is 11.3 Å². The van der Waals surface area contributed by atoms with E-state index in [9.17, 15) is 18.0 Å². The SMILES string of the molecule is COc1ccc(NC(=O)c2ncc(-c3ccccc3)o2)cc1S.Nc1cccc(C(F)(F)F)n1. The number of anilines is 2. The molecule has 3 N–H and O–H groups in total. The number of alkyl halides is 3. The topological polar surface area (TPSA) is 103 Å². The highest BCUT2D eigenvalue weighted by molar-refractivity contribution is 7.80. The highest BCUT2D eigenvalue weighted by atomic mass is 32.1. The molecule has 2 aromatic heterocycles. The van der Waals surface area contributed by atoms with Gasteiger partial charge in [-0.25, -0.2) is 9.97 Å². The van der Waals surface area contributed by atoms with Gasteiger partial charge in [0.25, 0.3) is 5.89 Å². The molecule has 34 heavy (non-hydrogen) atoms. The third-order valence-corrected chi connectivity index (χ3v) is 4.61. The fraction of sp³-hybridized carbons (Fsp3) is 0.0870. The van der Waals surface area contributed by atoms with E-state index in [1.165, 1.54) is 18.3 Å². The van der Waals surface area contributed by atoms with Gasteiger partial charge in [0.15, 0.2) is 5.76 Å². The van der Waals surface area contributed by atoms with Crippen molar-refractivity contribution in [2.24, 2.45) is 0 Å². The molecular formula is C23H19F3N4O3S. The maximum absolute atomic E-state index is 12.2. The number of nitrogens with two attached hydrogens (primary N) is 1. The third-order valence-electron chi connectivity index (χ3n) is 4.26. The molecule has 0 aliphatic heterocycles. The van der Waals surface area contributed by atoms with Crippen molar-refractivity contribution >= 4 is 30.0 Å². The number of aromatic nitrogens is 2. The minimum absolute atomic E-state index is 0.000357. The molecule has 2 aromatic carbocycles. The summed E-state index contributed by atoms with van der Waals surface area (Å²) in [5, 5.41) is 2.72. The van der Waals surface area contributed by atoms with Crippen LogP contribution in [-0.4, -0.2) is 23.0 Å². The molecular weight excluding hydrogens is 469 g/mol. The molecule has 0 unspecified atom stereocenters. The van der Waals surface area contributed by atoms with Gasteiger partial charge in [-0.1, -0.05) is 36.4 Å². The Labute approximate surface area is 198 Å². The molecule has 1 amide bonds. The van der Waals surface area contributed by atoms with Crippen molar-refractivity contribution in [1.82, 2.24) is 9.97 Å². The van der Waals surface area contributed by atoms with Crippen LogP contribution in [0.5, 0.6) is 5.75 Å². The lowest BCUT2D eigenvalue weighted by molar-refractivity contribution is -0.141. The summed E-state index contributed by atoms with van der Waals surface area (Å²) in [5.41, 5.74) is 5.53. The van der Waals surface area contributed by atoms with Gasteiger partial charge in [-0.3, -0.25) is 4.79 Å². The van der Waals surface area contributed by atoms with Gasteiger partial charge in [0, 0.05) is 16.1 Å². The second-order valence-corrected chi connectivity index (χ2v) is 7.16. The lowest BCUT2D eigenvalue weighted by Crippen LogP contribution is -2.12. The van der Waals surface area contributed by atoms with Crippen LogP contribution in [0.2, 0.25) is 0 Å². The zero-order valence-electron chi connectivity index (χ0n) is 17.7. The van der Waals surface area contributed by atoms with Crippen molar-refractivity contribution in [3.05, 3.63) is 84.5 Å². The number of carbonyl (C=O) groups is 1. The zero-order chi connectivity index (χ0) is 24.7. The summed E-state index contributed by atoms with van der Waals surface area (Å²) in [7, 11) is 1.56. The van der Waals surface area contributed by atoms with E-state index >= 15 is 0 Å². The normalized spacial score (nSPS) is 10.7. The van der Waals surface area contributed by atoms with E-state index in [0.717, 1.165) is 11.6 Å². The fourth-order valence-corrected chi connectivity index (χ4v) is 2.98. The summed E-state index contributed by atoms with van der Waals surface area (Å²) in [5.74, 6) is 0.625. The van der Waals surface area contributed by atoms with Crippen LogP contribution in [0.15, 0.2) is 82.2 Å². The van der Waals surface area contributed by atoms with E-state index in [1.807, 2.05) is 30.3 Å². The minimum Gasteiger partial charge on any atom is -0.496 e. The molecule has 4 rings (SSSR count). The lowest BCUT2D eigenvalue weighted by Gasteiger charge is -2.07. The molecule has 4 aromatic rings. The zero-order valence-corrected chi connectivity index (χ0v) is 18.6. The maximum atomic E-state index is 12.2. The molecule has 0 aliphatic carbocycles. The number of methoxy groups -OCH3 is 1. The number of pyridine rings is 1. The van der Waals surface area contributed by atoms with Crippen LogP contribution in [0.4, 0.5) is 24.7 Å². The molecule has 176 valence electrons. The molecule has 0 radical (unpaired) electrons. The second kappa shape index (κ2) is 10.8. The standard InChI is InChI=1S/C17H14N2O3S.C6H5F3N2/c1-21-13-8-7-12(9-15(13)23)19-16(20)17-18-10-14(22-17)11-5-3-2-4-6-11;7-6(8,9)4-2-1-3-5(10)11-4/h2-10,23H,1H3,(H,19,20);1-3H,(H2,10,11). The number of hydrogen-bond donors (Lipinski definition) is 3. The Bertz CT molecular complexity index is 1260. The average molecular weight is 488 g/mol. The van der Waals surface area contributed by atoms with Gasteiger partial charge < -0.3 is 20.2 Å². The Morgan fingerprint density at radius 1 is 1.09 bits per heavy atom. The Kier molecular flexibility index (Phi) is 7.79. The first-order chi connectivity index (χ1) is 16.2. The van der Waals surface area contributed by atoms with Crippen LogP contribution < -0.4 is 15.8 Å². The Hall–Kier alpha value is -3.99. The minimum atomic E-state index is -4.41. The fourth-order valence-electron chi connectivity index (χ4n) is 2.68. The summed E-state index contributed by atoms with van der Waals surface area (Å²) in [6, 6.07) is 18.0. The van der Waals surface area contributed by atoms with E-state index < -0.39 is 17.8 Å². The van der Waals surface area contributed by atoms with Crippen molar-refractivity contribution in [2.45, 2.75) is 11.1 Å². The van der Waals surface area contributed by atoms with E-state index in [0.29, 0.717) is 22.1 Å². The largest absolute Gasteiger partial charge is 0.496 e. The predicted molar refractivity (Wildman–Crippen MR) is 124 cm³/mol. The first kappa shape index (κ1) is 24.6. The van der Waals surface area contributed by atoms with Gasteiger partial charge in [-0.2, -0.15) is 13.2 Å². The Morgan fingerprint density at radius 3 is 2.41 bits per heavy atom. The van der Waals surface area contributed by atoms with Crippen LogP contribution in [0, 0.1) is 0 Å². The number of benzene rings is 2. The predicted octanol–water partition coefficient (Wildman–Crippen LogP) is 5.57. The molecule has 0 saturated carbocycles. The maximum Gasteiger partial charge on any atom is 0.433 e. The molecule has 0 fully saturated rings. The van der Waals surface area contributed by atoms with E-state index in [4.69, 9.17) is 14.9 Å². The van der Waals surface area contributed by atoms with Crippen molar-refractivity contribution in [3.63, 3.8) is 0 Å². The molecule has 0 aliphatic rings. The number of amides is 1. The summed E-state index contributed by atoms with van der Waals surface area (Å²) in [4.78, 5) is 19.9. The smallest absolute Gasteiger partial charge is 0.433 e. The Balaban J connectivity index is 0.000000248. The number of hydrogen-bond acceptors (Lipinski definition) is 7. The molecule has 11 heteroatoms. The van der Waals surface area contributed by atoms with Crippen LogP contribution in [0.1, 0.15) is 16.4 Å². The first-order valence-electron chi connectivity index (χ1n) is 9.66. The average Bonchev–Trinajstić information content (AvgIpc) is 3.30. The van der Waals surface area contributed by atoms with Gasteiger partial charge >= 0.3 is 12.1 Å². The highest BCUT2D eigenvalue weighted by Gasteiger charge is 2.32. The number of carbonyl (C=O) groups excluding carboxylic acids is 1. The monoisotopic (exact) mass is 488 g/mol. The van der Waals surface area contributed by atoms with Crippen molar-refractivity contribution in [1.29, 1.82) is 0 Å². The molecule has 0 saturated heterocycles. The second-order valence-electron chi connectivity index (χ2n) is 6.68. The number of thiol groups is 1. The number of ether oxygens (including phenoxy) is 1. The van der Waals surface area contributed by atoms with Crippen molar-refractivity contribution < 1.29 is 27.1 Å². The van der Waals surface area contributed by atoms with Gasteiger partial charge in [0.1, 0.15) is 17.3 Å². The molecule has 0 bridgehead atoms. The molecule has 0 atom stereocenters. The van der Waals surface area contributed by atoms with Crippen molar-refractivity contribution in [2.75, 3.05) is 18.2 Å². The van der Waals surface area contributed by atoms with Crippen LogP contribution in [-0.2, 0) is 6.18 Å². The molecule has 2 heterocycles. The molecule has 0 spiro atoms. The van der Waals surface area contributed by atoms with Crippen LogP contribution in [0.3, 0.4) is 0 Å². The first-order valence-corrected chi connectivity index (χ1v) is 10.1. The quantitative estimate of drug-likeness (QED) is 0.325. The number of rotatable bonds is 4. The number of nitrogen functional groups attached to an aromatic ring is 1. The van der Waals surface area contributed by atoms with E-state index in [2.05, 4.69) is 27.9 Å². The number of nitrogens with zero attached hydrogens (tertiary/aromatic N) is 2. The van der Waals surface area contributed by atoms with Gasteiger partial charge in [0.05, 0.1) is 13.3 Å². The van der Waals surface area contributed by atoms with Gasteiger partial charge in [0.2, 0.25) is 0 Å². The molecule has 7 nitrogen and oxygen atoms in total. The lowest BCUT2D eigenvalue weighted by atomic mass is 10.2. The van der Waals surface area contributed by atoms with Gasteiger partial charge in [-0.05, 0) is 30.3 Å².